The minimum absolute atomic E-state index is 0.539. The first-order valence-electron chi connectivity index (χ1n) is 6.19. The van der Waals surface area contributed by atoms with E-state index in [2.05, 4.69) is 18.7 Å². The van der Waals surface area contributed by atoms with Gasteiger partial charge < -0.3 is 10.5 Å². The summed E-state index contributed by atoms with van der Waals surface area (Å²) in [6.07, 6.45) is 3.89. The molecule has 0 aromatic rings. The van der Waals surface area contributed by atoms with Crippen LogP contribution in [0.3, 0.4) is 0 Å². The van der Waals surface area contributed by atoms with Crippen molar-refractivity contribution < 1.29 is 4.74 Å². The van der Waals surface area contributed by atoms with E-state index in [1.54, 1.807) is 7.11 Å². The van der Waals surface area contributed by atoms with Crippen molar-refractivity contribution in [1.29, 1.82) is 0 Å². The number of nitrogens with zero attached hydrogens (tertiary/aromatic N) is 1. The molecule has 3 heteroatoms. The van der Waals surface area contributed by atoms with E-state index in [1.165, 1.54) is 19.3 Å². The first-order valence-corrected chi connectivity index (χ1v) is 6.19. The summed E-state index contributed by atoms with van der Waals surface area (Å²) in [5.74, 6) is 0.687. The Kier molecular flexibility index (Phi) is 5.58. The lowest BCUT2D eigenvalue weighted by molar-refractivity contribution is 0.0923. The first kappa shape index (κ1) is 12.9. The lowest BCUT2D eigenvalue weighted by Crippen LogP contribution is -2.47. The van der Waals surface area contributed by atoms with Crippen LogP contribution in [0.25, 0.3) is 0 Å². The summed E-state index contributed by atoms with van der Waals surface area (Å²) in [4.78, 5) is 2.57. The standard InChI is InChI=1S/C12H26N2O/c1-4-10(2)12(9-13)14(7-8-15-3)11-5-6-11/h10-12H,4-9,13H2,1-3H3. The molecular weight excluding hydrogens is 188 g/mol. The summed E-state index contributed by atoms with van der Waals surface area (Å²) in [5, 5.41) is 0. The summed E-state index contributed by atoms with van der Waals surface area (Å²) in [5.41, 5.74) is 5.90. The molecule has 2 N–H and O–H groups in total. The van der Waals surface area contributed by atoms with Gasteiger partial charge in [-0.25, -0.2) is 0 Å². The Morgan fingerprint density at radius 2 is 2.13 bits per heavy atom. The molecule has 1 aliphatic carbocycles. The Bertz CT molecular complexity index is 171. The summed E-state index contributed by atoms with van der Waals surface area (Å²) in [7, 11) is 1.77. The third-order valence-corrected chi connectivity index (χ3v) is 3.54. The molecule has 2 atom stereocenters. The molecule has 0 aliphatic heterocycles. The Hall–Kier alpha value is -0.120. The molecule has 0 radical (unpaired) electrons. The van der Waals surface area contributed by atoms with Gasteiger partial charge in [0, 0.05) is 32.3 Å². The number of nitrogens with two attached hydrogens (primary N) is 1. The molecule has 2 unspecified atom stereocenters. The Balaban J connectivity index is 2.50. The van der Waals surface area contributed by atoms with Crippen LogP contribution in [0.2, 0.25) is 0 Å². The molecule has 0 spiro atoms. The molecule has 0 bridgehead atoms. The van der Waals surface area contributed by atoms with E-state index in [0.29, 0.717) is 12.0 Å². The van der Waals surface area contributed by atoms with Crippen molar-refractivity contribution in [2.24, 2.45) is 11.7 Å². The van der Waals surface area contributed by atoms with Gasteiger partial charge in [-0.3, -0.25) is 4.90 Å². The van der Waals surface area contributed by atoms with Crippen molar-refractivity contribution >= 4 is 0 Å². The molecule has 1 fully saturated rings. The molecule has 0 heterocycles. The van der Waals surface area contributed by atoms with Crippen LogP contribution < -0.4 is 5.73 Å². The third kappa shape index (κ3) is 3.74. The first-order chi connectivity index (χ1) is 7.24. The Labute approximate surface area is 94.0 Å². The van der Waals surface area contributed by atoms with Crippen LogP contribution in [0.5, 0.6) is 0 Å². The zero-order chi connectivity index (χ0) is 11.3. The molecule has 0 aromatic carbocycles. The summed E-state index contributed by atoms with van der Waals surface area (Å²) < 4.78 is 5.18. The van der Waals surface area contributed by atoms with Crippen LogP contribution in [0.15, 0.2) is 0 Å². The SMILES string of the molecule is CCC(C)C(CN)N(CCOC)C1CC1. The zero-order valence-electron chi connectivity index (χ0n) is 10.4. The van der Waals surface area contributed by atoms with Crippen LogP contribution in [0, 0.1) is 5.92 Å². The van der Waals surface area contributed by atoms with E-state index in [9.17, 15) is 0 Å². The summed E-state index contributed by atoms with van der Waals surface area (Å²) in [6, 6.07) is 1.32. The molecule has 0 amide bonds. The predicted molar refractivity (Wildman–Crippen MR) is 63.9 cm³/mol. The van der Waals surface area contributed by atoms with Gasteiger partial charge in [-0.15, -0.1) is 0 Å². The highest BCUT2D eigenvalue weighted by Gasteiger charge is 2.34. The van der Waals surface area contributed by atoms with E-state index in [-0.39, 0.29) is 0 Å². The third-order valence-electron chi connectivity index (χ3n) is 3.54. The molecule has 0 aromatic heterocycles. The highest BCUT2D eigenvalue weighted by molar-refractivity contribution is 4.90. The van der Waals surface area contributed by atoms with Gasteiger partial charge in [-0.2, -0.15) is 0 Å². The number of ether oxygens (including phenoxy) is 1. The molecule has 1 saturated carbocycles. The van der Waals surface area contributed by atoms with Crippen molar-refractivity contribution in [2.75, 3.05) is 26.8 Å². The molecule has 15 heavy (non-hydrogen) atoms. The summed E-state index contributed by atoms with van der Waals surface area (Å²) in [6.45, 7) is 7.18. The molecular formula is C12H26N2O. The smallest absolute Gasteiger partial charge is 0.0589 e. The second-order valence-electron chi connectivity index (χ2n) is 4.65. The topological polar surface area (TPSA) is 38.5 Å². The minimum atomic E-state index is 0.539. The average Bonchev–Trinajstić information content (AvgIpc) is 3.07. The molecule has 0 saturated heterocycles. The predicted octanol–water partition coefficient (Wildman–Crippen LogP) is 1.47. The molecule has 1 rings (SSSR count). The fourth-order valence-corrected chi connectivity index (χ4v) is 2.19. The fraction of sp³-hybridized carbons (Fsp3) is 1.00. The number of rotatable bonds is 8. The normalized spacial score (nSPS) is 20.6. The lowest BCUT2D eigenvalue weighted by atomic mass is 9.97. The van der Waals surface area contributed by atoms with Gasteiger partial charge in [0.05, 0.1) is 6.61 Å². The van der Waals surface area contributed by atoms with Gasteiger partial charge in [0.15, 0.2) is 0 Å². The van der Waals surface area contributed by atoms with Gasteiger partial charge in [0.2, 0.25) is 0 Å². The summed E-state index contributed by atoms with van der Waals surface area (Å²) >= 11 is 0. The van der Waals surface area contributed by atoms with Gasteiger partial charge in [-0.1, -0.05) is 20.3 Å². The minimum Gasteiger partial charge on any atom is -0.383 e. The maximum atomic E-state index is 5.90. The quantitative estimate of drug-likeness (QED) is 0.665. The van der Waals surface area contributed by atoms with Gasteiger partial charge in [-0.05, 0) is 18.8 Å². The Morgan fingerprint density at radius 1 is 1.47 bits per heavy atom. The van der Waals surface area contributed by atoms with Crippen molar-refractivity contribution in [3.63, 3.8) is 0 Å². The average molecular weight is 214 g/mol. The van der Waals surface area contributed by atoms with Crippen LogP contribution in [0.4, 0.5) is 0 Å². The molecule has 3 nitrogen and oxygen atoms in total. The van der Waals surface area contributed by atoms with Crippen LogP contribution in [-0.4, -0.2) is 43.8 Å². The van der Waals surface area contributed by atoms with Crippen molar-refractivity contribution in [1.82, 2.24) is 4.90 Å². The second kappa shape index (κ2) is 6.46. The van der Waals surface area contributed by atoms with Crippen LogP contribution >= 0.6 is 0 Å². The Morgan fingerprint density at radius 3 is 2.53 bits per heavy atom. The van der Waals surface area contributed by atoms with E-state index >= 15 is 0 Å². The maximum absolute atomic E-state index is 5.90. The fourth-order valence-electron chi connectivity index (χ4n) is 2.19. The van der Waals surface area contributed by atoms with Crippen LogP contribution in [-0.2, 0) is 4.74 Å². The van der Waals surface area contributed by atoms with Gasteiger partial charge in [0.1, 0.15) is 0 Å². The van der Waals surface area contributed by atoms with E-state index in [1.807, 2.05) is 0 Å². The number of hydrogen-bond acceptors (Lipinski definition) is 3. The van der Waals surface area contributed by atoms with Gasteiger partial charge >= 0.3 is 0 Å². The maximum Gasteiger partial charge on any atom is 0.0589 e. The monoisotopic (exact) mass is 214 g/mol. The number of methoxy groups -OCH3 is 1. The lowest BCUT2D eigenvalue weighted by Gasteiger charge is -2.34. The highest BCUT2D eigenvalue weighted by atomic mass is 16.5. The van der Waals surface area contributed by atoms with Crippen LogP contribution in [0.1, 0.15) is 33.1 Å². The largest absolute Gasteiger partial charge is 0.383 e. The van der Waals surface area contributed by atoms with Gasteiger partial charge in [0.25, 0.3) is 0 Å². The van der Waals surface area contributed by atoms with E-state index < -0.39 is 0 Å². The number of hydrogen-bond donors (Lipinski definition) is 1. The molecule has 1 aliphatic rings. The molecule has 90 valence electrons. The van der Waals surface area contributed by atoms with Crippen molar-refractivity contribution in [3.05, 3.63) is 0 Å². The zero-order valence-corrected chi connectivity index (χ0v) is 10.4. The van der Waals surface area contributed by atoms with E-state index in [0.717, 1.165) is 25.7 Å². The van der Waals surface area contributed by atoms with E-state index in [4.69, 9.17) is 10.5 Å². The van der Waals surface area contributed by atoms with Crippen molar-refractivity contribution in [2.45, 2.75) is 45.2 Å². The van der Waals surface area contributed by atoms with Crippen molar-refractivity contribution in [3.8, 4) is 0 Å². The second-order valence-corrected chi connectivity index (χ2v) is 4.65. The highest BCUT2D eigenvalue weighted by Crippen LogP contribution is 2.30.